The third-order valence-corrected chi connectivity index (χ3v) is 4.24. The number of thiocarbonyl (C=S) groups is 1. The van der Waals surface area contributed by atoms with Gasteiger partial charge in [0.2, 0.25) is 0 Å². The Labute approximate surface area is 73.0 Å². The Morgan fingerprint density at radius 3 is 2.20 bits per heavy atom. The van der Waals surface area contributed by atoms with Gasteiger partial charge in [0.1, 0.15) is 14.4 Å². The van der Waals surface area contributed by atoms with Crippen molar-refractivity contribution in [3.63, 3.8) is 0 Å². The molecule has 2 saturated heterocycles. The standard InChI is InChI=1S/C5H6O2S3/c8-5-9-3-4(10-5)7-2-1-6-3/h3-4H,1-2H2/t3-,4+. The van der Waals surface area contributed by atoms with Crippen LogP contribution >= 0.6 is 35.7 Å². The van der Waals surface area contributed by atoms with Crippen LogP contribution in [0.4, 0.5) is 0 Å². The molecule has 2 atom stereocenters. The van der Waals surface area contributed by atoms with Crippen LogP contribution in [0.2, 0.25) is 0 Å². The Bertz CT molecular complexity index is 145. The van der Waals surface area contributed by atoms with Crippen LogP contribution in [0.1, 0.15) is 0 Å². The molecule has 0 aromatic rings. The van der Waals surface area contributed by atoms with E-state index in [2.05, 4.69) is 0 Å². The van der Waals surface area contributed by atoms with E-state index in [0.717, 1.165) is 3.53 Å². The van der Waals surface area contributed by atoms with Gasteiger partial charge >= 0.3 is 0 Å². The molecule has 56 valence electrons. The SMILES string of the molecule is S=C1S[C@H]2OCCO[C@H]2S1. The first-order chi connectivity index (χ1) is 4.86. The first-order valence-corrected chi connectivity index (χ1v) is 5.13. The van der Waals surface area contributed by atoms with Crippen LogP contribution in [0.25, 0.3) is 0 Å². The van der Waals surface area contributed by atoms with E-state index in [1.165, 1.54) is 0 Å². The molecule has 0 bridgehead atoms. The van der Waals surface area contributed by atoms with Crippen molar-refractivity contribution in [1.82, 2.24) is 0 Å². The predicted molar refractivity (Wildman–Crippen MR) is 47.3 cm³/mol. The summed E-state index contributed by atoms with van der Waals surface area (Å²) in [5, 5.41) is 0. The molecular formula is C5H6O2S3. The summed E-state index contributed by atoms with van der Waals surface area (Å²) in [5.74, 6) is 0. The van der Waals surface area contributed by atoms with Crippen molar-refractivity contribution in [3.05, 3.63) is 0 Å². The van der Waals surface area contributed by atoms with Crippen LogP contribution < -0.4 is 0 Å². The fraction of sp³-hybridized carbons (Fsp3) is 0.800. The molecule has 2 aliphatic heterocycles. The average molecular weight is 194 g/mol. The molecule has 0 unspecified atom stereocenters. The van der Waals surface area contributed by atoms with Crippen LogP contribution in [0.3, 0.4) is 0 Å². The molecule has 2 heterocycles. The van der Waals surface area contributed by atoms with Gasteiger partial charge in [-0.15, -0.1) is 0 Å². The summed E-state index contributed by atoms with van der Waals surface area (Å²) in [7, 11) is 0. The molecule has 0 amide bonds. The monoisotopic (exact) mass is 194 g/mol. The van der Waals surface area contributed by atoms with Crippen molar-refractivity contribution in [3.8, 4) is 0 Å². The summed E-state index contributed by atoms with van der Waals surface area (Å²) in [6.45, 7) is 1.41. The van der Waals surface area contributed by atoms with Crippen LogP contribution in [0, 0.1) is 0 Å². The quantitative estimate of drug-likeness (QED) is 0.542. The number of ether oxygens (including phenoxy) is 2. The van der Waals surface area contributed by atoms with Crippen molar-refractivity contribution in [1.29, 1.82) is 0 Å². The highest BCUT2D eigenvalue weighted by atomic mass is 32.2. The zero-order valence-corrected chi connectivity index (χ0v) is 7.56. The van der Waals surface area contributed by atoms with E-state index in [9.17, 15) is 0 Å². The molecular weight excluding hydrogens is 188 g/mol. The highest BCUT2D eigenvalue weighted by Crippen LogP contribution is 2.41. The Morgan fingerprint density at radius 2 is 1.70 bits per heavy atom. The minimum atomic E-state index is 0.159. The van der Waals surface area contributed by atoms with E-state index < -0.39 is 0 Å². The lowest BCUT2D eigenvalue weighted by Crippen LogP contribution is -2.30. The second-order valence-corrected chi connectivity index (χ2v) is 5.36. The molecule has 2 rings (SSSR count). The third-order valence-electron chi connectivity index (χ3n) is 1.29. The van der Waals surface area contributed by atoms with Crippen LogP contribution in [0.15, 0.2) is 0 Å². The van der Waals surface area contributed by atoms with Gasteiger partial charge in [-0.25, -0.2) is 0 Å². The second kappa shape index (κ2) is 2.98. The lowest BCUT2D eigenvalue weighted by Gasteiger charge is -2.23. The van der Waals surface area contributed by atoms with Crippen molar-refractivity contribution in [2.24, 2.45) is 0 Å². The number of hydrogen-bond donors (Lipinski definition) is 0. The summed E-state index contributed by atoms with van der Waals surface area (Å²) in [5.41, 5.74) is 0.317. The van der Waals surface area contributed by atoms with E-state index in [-0.39, 0.29) is 10.9 Å². The lowest BCUT2D eigenvalue weighted by molar-refractivity contribution is -0.0645. The second-order valence-electron chi connectivity index (χ2n) is 1.96. The highest BCUT2D eigenvalue weighted by Gasteiger charge is 2.36. The maximum Gasteiger partial charge on any atom is 0.144 e. The van der Waals surface area contributed by atoms with Gasteiger partial charge in [-0.1, -0.05) is 35.7 Å². The highest BCUT2D eigenvalue weighted by molar-refractivity contribution is 8.49. The summed E-state index contributed by atoms with van der Waals surface area (Å²) in [6.07, 6.45) is 0. The molecule has 0 N–H and O–H groups in total. The van der Waals surface area contributed by atoms with Gasteiger partial charge in [-0.2, -0.15) is 0 Å². The molecule has 0 aliphatic carbocycles. The van der Waals surface area contributed by atoms with Gasteiger partial charge in [-0.3, -0.25) is 0 Å². The molecule has 2 aliphatic rings. The molecule has 10 heavy (non-hydrogen) atoms. The molecule has 0 radical (unpaired) electrons. The number of hydrogen-bond acceptors (Lipinski definition) is 5. The average Bonchev–Trinajstić information content (AvgIpc) is 2.27. The topological polar surface area (TPSA) is 18.5 Å². The predicted octanol–water partition coefficient (Wildman–Crippen LogP) is 1.45. The van der Waals surface area contributed by atoms with Crippen molar-refractivity contribution in [2.75, 3.05) is 13.2 Å². The molecule has 0 spiro atoms. The molecule has 0 aromatic heterocycles. The van der Waals surface area contributed by atoms with Gasteiger partial charge in [0.15, 0.2) is 0 Å². The summed E-state index contributed by atoms with van der Waals surface area (Å²) < 4.78 is 11.7. The molecule has 2 fully saturated rings. The van der Waals surface area contributed by atoms with E-state index in [1.807, 2.05) is 0 Å². The number of fused-ring (bicyclic) bond motifs is 1. The summed E-state index contributed by atoms with van der Waals surface area (Å²) in [6, 6.07) is 0. The van der Waals surface area contributed by atoms with Crippen LogP contribution in [-0.4, -0.2) is 27.6 Å². The van der Waals surface area contributed by atoms with Gasteiger partial charge in [0.05, 0.1) is 13.2 Å². The summed E-state index contributed by atoms with van der Waals surface area (Å²) >= 11 is 8.19. The van der Waals surface area contributed by atoms with Gasteiger partial charge < -0.3 is 9.47 Å². The maximum atomic E-state index is 5.40. The van der Waals surface area contributed by atoms with Crippen molar-refractivity contribution >= 4 is 39.3 Å². The summed E-state index contributed by atoms with van der Waals surface area (Å²) in [4.78, 5) is 0. The molecule has 2 nitrogen and oxygen atoms in total. The number of rotatable bonds is 0. The fourth-order valence-corrected chi connectivity index (χ4v) is 3.66. The first-order valence-electron chi connectivity index (χ1n) is 2.97. The van der Waals surface area contributed by atoms with E-state index in [1.54, 1.807) is 23.5 Å². The zero-order valence-electron chi connectivity index (χ0n) is 5.11. The third kappa shape index (κ3) is 1.33. The minimum Gasteiger partial charge on any atom is -0.361 e. The van der Waals surface area contributed by atoms with Crippen LogP contribution in [0.5, 0.6) is 0 Å². The Hall–Kier alpha value is 0.710. The Balaban J connectivity index is 2.04. The van der Waals surface area contributed by atoms with Gasteiger partial charge in [0.25, 0.3) is 0 Å². The molecule has 0 saturated carbocycles. The normalized spacial score (nSPS) is 39.8. The maximum absolute atomic E-state index is 5.40. The number of thioether (sulfide) groups is 2. The zero-order chi connectivity index (χ0) is 6.97. The first kappa shape index (κ1) is 7.36. The van der Waals surface area contributed by atoms with E-state index in [4.69, 9.17) is 21.7 Å². The Morgan fingerprint density at radius 1 is 1.20 bits per heavy atom. The molecule has 5 heteroatoms. The smallest absolute Gasteiger partial charge is 0.144 e. The largest absolute Gasteiger partial charge is 0.361 e. The fourth-order valence-electron chi connectivity index (χ4n) is 0.882. The van der Waals surface area contributed by atoms with E-state index >= 15 is 0 Å². The van der Waals surface area contributed by atoms with Crippen molar-refractivity contribution in [2.45, 2.75) is 10.9 Å². The molecule has 0 aromatic carbocycles. The lowest BCUT2D eigenvalue weighted by atomic mass is 10.6. The van der Waals surface area contributed by atoms with E-state index in [0.29, 0.717) is 13.2 Å². The minimum absolute atomic E-state index is 0.159. The van der Waals surface area contributed by atoms with Gasteiger partial charge in [-0.05, 0) is 0 Å². The van der Waals surface area contributed by atoms with Gasteiger partial charge in [0, 0.05) is 0 Å². The van der Waals surface area contributed by atoms with Crippen molar-refractivity contribution < 1.29 is 9.47 Å². The Kier molecular flexibility index (Phi) is 2.20. The van der Waals surface area contributed by atoms with Crippen LogP contribution in [-0.2, 0) is 9.47 Å².